The number of nitrogens with two attached hydrogens (primary N) is 1. The highest BCUT2D eigenvalue weighted by atomic mass is 16.5. The fourth-order valence-electron chi connectivity index (χ4n) is 2.33. The van der Waals surface area contributed by atoms with Gasteiger partial charge in [-0.15, -0.1) is 0 Å². The number of rotatable bonds is 6. The summed E-state index contributed by atoms with van der Waals surface area (Å²) in [7, 11) is 0. The quantitative estimate of drug-likeness (QED) is 0.612. The predicted octanol–water partition coefficient (Wildman–Crippen LogP) is 2.95. The smallest absolute Gasteiger partial charge is 0.224 e. The predicted molar refractivity (Wildman–Crippen MR) is 76.9 cm³/mol. The van der Waals surface area contributed by atoms with Crippen LogP contribution in [-0.4, -0.2) is 18.6 Å². The van der Waals surface area contributed by atoms with Crippen molar-refractivity contribution >= 4 is 17.3 Å². The summed E-state index contributed by atoms with van der Waals surface area (Å²) < 4.78 is 5.72. The van der Waals surface area contributed by atoms with Crippen molar-refractivity contribution in [1.29, 1.82) is 0 Å². The zero-order valence-electron chi connectivity index (χ0n) is 11.2. The second-order valence-electron chi connectivity index (χ2n) is 5.05. The van der Waals surface area contributed by atoms with Crippen LogP contribution in [0.3, 0.4) is 0 Å². The maximum atomic E-state index is 11.7. The third-order valence-electron chi connectivity index (χ3n) is 3.40. The number of benzene rings is 1. The van der Waals surface area contributed by atoms with Gasteiger partial charge < -0.3 is 15.8 Å². The Morgan fingerprint density at radius 1 is 1.26 bits per heavy atom. The van der Waals surface area contributed by atoms with Gasteiger partial charge in [-0.25, -0.2) is 0 Å². The lowest BCUT2D eigenvalue weighted by atomic mass is 10.2. The Kier molecular flexibility index (Phi) is 5.21. The molecule has 1 aromatic carbocycles. The zero-order chi connectivity index (χ0) is 13.5. The second kappa shape index (κ2) is 7.14. The minimum Gasteiger partial charge on any atom is -0.399 e. The molecule has 0 bridgehead atoms. The van der Waals surface area contributed by atoms with Crippen LogP contribution >= 0.6 is 0 Å². The molecule has 0 saturated heterocycles. The number of hydrogen-bond donors (Lipinski definition) is 2. The van der Waals surface area contributed by atoms with Crippen molar-refractivity contribution in [1.82, 2.24) is 0 Å². The molecular weight excluding hydrogens is 240 g/mol. The van der Waals surface area contributed by atoms with E-state index in [0.29, 0.717) is 24.8 Å². The van der Waals surface area contributed by atoms with Gasteiger partial charge in [-0.3, -0.25) is 4.79 Å². The number of nitrogen functional groups attached to an aromatic ring is 1. The van der Waals surface area contributed by atoms with Gasteiger partial charge in [0.1, 0.15) is 0 Å². The first-order valence-corrected chi connectivity index (χ1v) is 7.01. The Bertz CT molecular complexity index is 397. The lowest BCUT2D eigenvalue weighted by Crippen LogP contribution is -2.14. The van der Waals surface area contributed by atoms with Gasteiger partial charge in [-0.1, -0.05) is 12.8 Å². The molecule has 1 amide bonds. The summed E-state index contributed by atoms with van der Waals surface area (Å²) >= 11 is 0. The molecule has 0 heterocycles. The van der Waals surface area contributed by atoms with Crippen molar-refractivity contribution in [3.63, 3.8) is 0 Å². The molecule has 104 valence electrons. The van der Waals surface area contributed by atoms with Crippen molar-refractivity contribution in [3.05, 3.63) is 24.3 Å². The first-order chi connectivity index (χ1) is 9.24. The molecule has 2 rings (SSSR count). The molecule has 4 heteroatoms. The van der Waals surface area contributed by atoms with Crippen LogP contribution in [0.15, 0.2) is 24.3 Å². The van der Waals surface area contributed by atoms with Crippen LogP contribution in [0.4, 0.5) is 11.4 Å². The summed E-state index contributed by atoms with van der Waals surface area (Å²) in [5.41, 5.74) is 7.07. The van der Waals surface area contributed by atoms with Crippen molar-refractivity contribution in [3.8, 4) is 0 Å². The van der Waals surface area contributed by atoms with Crippen LogP contribution in [-0.2, 0) is 9.53 Å². The van der Waals surface area contributed by atoms with Crippen molar-refractivity contribution < 1.29 is 9.53 Å². The summed E-state index contributed by atoms with van der Waals surface area (Å²) in [6.45, 7) is 0.680. The molecule has 0 spiro atoms. The van der Waals surface area contributed by atoms with E-state index in [1.165, 1.54) is 25.7 Å². The van der Waals surface area contributed by atoms with Gasteiger partial charge in [0.2, 0.25) is 5.91 Å². The topological polar surface area (TPSA) is 64.3 Å². The van der Waals surface area contributed by atoms with E-state index in [2.05, 4.69) is 5.32 Å². The second-order valence-corrected chi connectivity index (χ2v) is 5.05. The Balaban J connectivity index is 1.60. The molecule has 1 fully saturated rings. The molecular formula is C15H22N2O2. The van der Waals surface area contributed by atoms with E-state index in [1.807, 2.05) is 12.1 Å². The number of carbonyl (C=O) groups is 1. The monoisotopic (exact) mass is 262 g/mol. The number of nitrogens with one attached hydrogen (secondary N) is 1. The highest BCUT2D eigenvalue weighted by Gasteiger charge is 2.14. The van der Waals surface area contributed by atoms with Crippen LogP contribution < -0.4 is 11.1 Å². The molecule has 0 aliphatic heterocycles. The Labute approximate surface area is 114 Å². The van der Waals surface area contributed by atoms with Crippen LogP contribution in [0.2, 0.25) is 0 Å². The van der Waals surface area contributed by atoms with E-state index >= 15 is 0 Å². The van der Waals surface area contributed by atoms with Crippen LogP contribution in [0, 0.1) is 0 Å². The summed E-state index contributed by atoms with van der Waals surface area (Å²) in [6, 6.07) is 7.17. The number of amides is 1. The van der Waals surface area contributed by atoms with Gasteiger partial charge in [-0.05, 0) is 43.5 Å². The van der Waals surface area contributed by atoms with E-state index in [-0.39, 0.29) is 5.91 Å². The SMILES string of the molecule is Nc1ccc(NC(=O)CCCOC2CCCC2)cc1. The molecule has 4 nitrogen and oxygen atoms in total. The van der Waals surface area contributed by atoms with Crippen molar-refractivity contribution in [2.24, 2.45) is 0 Å². The fraction of sp³-hybridized carbons (Fsp3) is 0.533. The first-order valence-electron chi connectivity index (χ1n) is 7.01. The van der Waals surface area contributed by atoms with Gasteiger partial charge in [0.25, 0.3) is 0 Å². The highest BCUT2D eigenvalue weighted by molar-refractivity contribution is 5.90. The minimum atomic E-state index is 0.0276. The van der Waals surface area contributed by atoms with Gasteiger partial charge >= 0.3 is 0 Å². The van der Waals surface area contributed by atoms with Crippen molar-refractivity contribution in [2.45, 2.75) is 44.6 Å². The molecule has 0 atom stereocenters. The van der Waals surface area contributed by atoms with E-state index in [9.17, 15) is 4.79 Å². The standard InChI is InChI=1S/C15H22N2O2/c16-12-7-9-13(10-8-12)17-15(18)6-3-11-19-14-4-1-2-5-14/h7-10,14H,1-6,11,16H2,(H,17,18). The molecule has 1 aromatic rings. The van der Waals surface area contributed by atoms with E-state index in [4.69, 9.17) is 10.5 Å². The van der Waals surface area contributed by atoms with Crippen molar-refractivity contribution in [2.75, 3.05) is 17.7 Å². The molecule has 19 heavy (non-hydrogen) atoms. The normalized spacial score (nSPS) is 15.6. The first kappa shape index (κ1) is 13.9. The van der Waals surface area contributed by atoms with E-state index in [1.54, 1.807) is 12.1 Å². The summed E-state index contributed by atoms with van der Waals surface area (Å²) in [6.07, 6.45) is 6.62. The van der Waals surface area contributed by atoms with E-state index in [0.717, 1.165) is 12.1 Å². The van der Waals surface area contributed by atoms with Gasteiger partial charge in [-0.2, -0.15) is 0 Å². The van der Waals surface area contributed by atoms with Gasteiger partial charge in [0, 0.05) is 24.4 Å². The van der Waals surface area contributed by atoms with Crippen LogP contribution in [0.25, 0.3) is 0 Å². The number of ether oxygens (including phenoxy) is 1. The maximum Gasteiger partial charge on any atom is 0.224 e. The Morgan fingerprint density at radius 2 is 1.95 bits per heavy atom. The molecule has 1 aliphatic carbocycles. The summed E-state index contributed by atoms with van der Waals surface area (Å²) in [5.74, 6) is 0.0276. The zero-order valence-corrected chi connectivity index (χ0v) is 11.2. The number of anilines is 2. The average Bonchev–Trinajstić information content (AvgIpc) is 2.91. The molecule has 1 saturated carbocycles. The Hall–Kier alpha value is -1.55. The molecule has 0 unspecified atom stereocenters. The largest absolute Gasteiger partial charge is 0.399 e. The highest BCUT2D eigenvalue weighted by Crippen LogP contribution is 2.21. The third-order valence-corrected chi connectivity index (χ3v) is 3.40. The summed E-state index contributed by atoms with van der Waals surface area (Å²) in [5, 5.41) is 2.85. The Morgan fingerprint density at radius 3 is 2.63 bits per heavy atom. The maximum absolute atomic E-state index is 11.7. The molecule has 3 N–H and O–H groups in total. The van der Waals surface area contributed by atoms with Gasteiger partial charge in [0.15, 0.2) is 0 Å². The number of hydrogen-bond acceptors (Lipinski definition) is 3. The molecule has 0 aromatic heterocycles. The van der Waals surface area contributed by atoms with E-state index < -0.39 is 0 Å². The van der Waals surface area contributed by atoms with Crippen LogP contribution in [0.1, 0.15) is 38.5 Å². The average molecular weight is 262 g/mol. The van der Waals surface area contributed by atoms with Crippen LogP contribution in [0.5, 0.6) is 0 Å². The lowest BCUT2D eigenvalue weighted by molar-refractivity contribution is -0.116. The third kappa shape index (κ3) is 4.91. The molecule has 0 radical (unpaired) electrons. The fourth-order valence-corrected chi connectivity index (χ4v) is 2.33. The minimum absolute atomic E-state index is 0.0276. The lowest BCUT2D eigenvalue weighted by Gasteiger charge is -2.10. The molecule has 1 aliphatic rings. The number of carbonyl (C=O) groups excluding carboxylic acids is 1. The van der Waals surface area contributed by atoms with Gasteiger partial charge in [0.05, 0.1) is 6.10 Å². The summed E-state index contributed by atoms with van der Waals surface area (Å²) in [4.78, 5) is 11.7.